The zero-order chi connectivity index (χ0) is 17.9. The number of Topliss-reactive ketones (excluding diaryl/α,β-unsaturated/α-hetero) is 1. The van der Waals surface area contributed by atoms with Crippen LogP contribution in [0.2, 0.25) is 0 Å². The number of ketones is 1. The van der Waals surface area contributed by atoms with Crippen molar-refractivity contribution in [1.29, 1.82) is 0 Å². The summed E-state index contributed by atoms with van der Waals surface area (Å²) >= 11 is 0. The molecule has 0 aliphatic carbocycles. The first-order chi connectivity index (χ1) is 11.2. The molecule has 0 N–H and O–H groups in total. The number of piperidine rings is 1. The minimum atomic E-state index is -3.57. The maximum absolute atomic E-state index is 12.7. The monoisotopic (exact) mass is 353 g/mol. The van der Waals surface area contributed by atoms with Crippen molar-refractivity contribution in [2.75, 3.05) is 19.7 Å². The molecule has 1 aliphatic heterocycles. The van der Waals surface area contributed by atoms with Gasteiger partial charge < -0.3 is 4.74 Å². The van der Waals surface area contributed by atoms with Gasteiger partial charge in [-0.25, -0.2) is 13.2 Å². The molecule has 1 saturated heterocycles. The summed E-state index contributed by atoms with van der Waals surface area (Å²) in [5, 5.41) is 0. The smallest absolute Gasteiger partial charge is 0.338 e. The molecule has 0 bridgehead atoms. The summed E-state index contributed by atoms with van der Waals surface area (Å²) in [5.74, 6) is -0.251. The lowest BCUT2D eigenvalue weighted by Crippen LogP contribution is -2.42. The van der Waals surface area contributed by atoms with Crippen LogP contribution in [0.25, 0.3) is 0 Å². The number of rotatable bonds is 5. The summed E-state index contributed by atoms with van der Waals surface area (Å²) in [5.41, 5.74) is 0.218. The Balaban J connectivity index is 2.14. The predicted octanol–water partition coefficient (Wildman–Crippen LogP) is 2.10. The van der Waals surface area contributed by atoms with Gasteiger partial charge in [-0.15, -0.1) is 0 Å². The zero-order valence-electron chi connectivity index (χ0n) is 14.2. The van der Waals surface area contributed by atoms with Crippen molar-refractivity contribution in [1.82, 2.24) is 4.31 Å². The summed E-state index contributed by atoms with van der Waals surface area (Å²) < 4.78 is 31.8. The first-order valence-electron chi connectivity index (χ1n) is 7.97. The highest BCUT2D eigenvalue weighted by atomic mass is 32.2. The minimum Gasteiger partial charge on any atom is -0.454 e. The lowest BCUT2D eigenvalue weighted by Gasteiger charge is -2.34. The molecule has 1 aliphatic rings. The molecule has 0 saturated carbocycles. The molecule has 0 spiro atoms. The van der Waals surface area contributed by atoms with Gasteiger partial charge in [0.15, 0.2) is 5.78 Å². The third kappa shape index (κ3) is 4.42. The van der Waals surface area contributed by atoms with Crippen LogP contribution in [0.3, 0.4) is 0 Å². The largest absolute Gasteiger partial charge is 0.454 e. The maximum atomic E-state index is 12.7. The van der Waals surface area contributed by atoms with Crippen LogP contribution in [-0.4, -0.2) is 44.2 Å². The van der Waals surface area contributed by atoms with E-state index in [0.717, 1.165) is 6.42 Å². The highest BCUT2D eigenvalue weighted by Gasteiger charge is 2.31. The summed E-state index contributed by atoms with van der Waals surface area (Å²) in [6, 6.07) is 5.63. The molecular weight excluding hydrogens is 330 g/mol. The average Bonchev–Trinajstić information content (AvgIpc) is 2.51. The molecule has 0 amide bonds. The molecule has 1 fully saturated rings. The van der Waals surface area contributed by atoms with Crippen LogP contribution in [0.1, 0.15) is 37.6 Å². The summed E-state index contributed by atoms with van der Waals surface area (Å²) in [7, 11) is -3.57. The quantitative estimate of drug-likeness (QED) is 0.757. The predicted molar refractivity (Wildman–Crippen MR) is 89.1 cm³/mol. The van der Waals surface area contributed by atoms with Gasteiger partial charge in [0.25, 0.3) is 0 Å². The van der Waals surface area contributed by atoms with Crippen molar-refractivity contribution in [2.24, 2.45) is 11.8 Å². The number of nitrogens with zero attached hydrogens (tertiary/aromatic N) is 1. The molecule has 0 aromatic heterocycles. The van der Waals surface area contributed by atoms with Gasteiger partial charge >= 0.3 is 5.97 Å². The molecule has 2 atom stereocenters. The van der Waals surface area contributed by atoms with Crippen molar-refractivity contribution >= 4 is 21.8 Å². The van der Waals surface area contributed by atoms with Gasteiger partial charge in [-0.1, -0.05) is 13.8 Å². The lowest BCUT2D eigenvalue weighted by atomic mass is 9.94. The van der Waals surface area contributed by atoms with Crippen LogP contribution in [0.5, 0.6) is 0 Å². The van der Waals surface area contributed by atoms with E-state index in [0.29, 0.717) is 24.9 Å². The van der Waals surface area contributed by atoms with Gasteiger partial charge in [0, 0.05) is 13.1 Å². The van der Waals surface area contributed by atoms with E-state index in [1.165, 1.54) is 35.5 Å². The van der Waals surface area contributed by atoms with E-state index in [9.17, 15) is 18.0 Å². The number of carbonyl (C=O) groups is 2. The standard InChI is InChI=1S/C17H23NO5S/c1-12-8-13(2)10-18(9-12)24(21,22)16-6-4-15(5-7-16)17(20)23-11-14(3)19/h4-7,12-13H,8-11H2,1-3H3/t12-,13-/m0/s1. The number of hydrogen-bond donors (Lipinski definition) is 0. The van der Waals surface area contributed by atoms with Gasteiger partial charge in [-0.05, 0) is 49.4 Å². The molecule has 1 aromatic rings. The van der Waals surface area contributed by atoms with Gasteiger partial charge in [0.1, 0.15) is 6.61 Å². The summed E-state index contributed by atoms with van der Waals surface area (Å²) in [6.45, 7) is 6.15. The molecule has 0 radical (unpaired) electrons. The van der Waals surface area contributed by atoms with Crippen molar-refractivity contribution in [3.8, 4) is 0 Å². The number of hydrogen-bond acceptors (Lipinski definition) is 5. The Kier molecular flexibility index (Phi) is 5.77. The number of esters is 1. The first-order valence-corrected chi connectivity index (χ1v) is 9.41. The zero-order valence-corrected chi connectivity index (χ0v) is 15.0. The maximum Gasteiger partial charge on any atom is 0.338 e. The second kappa shape index (κ2) is 7.44. The van der Waals surface area contributed by atoms with Crippen molar-refractivity contribution in [2.45, 2.75) is 32.1 Å². The second-order valence-corrected chi connectivity index (χ2v) is 8.51. The molecule has 1 heterocycles. The number of benzene rings is 1. The number of ether oxygens (including phenoxy) is 1. The average molecular weight is 353 g/mol. The Morgan fingerprint density at radius 1 is 1.12 bits per heavy atom. The van der Waals surface area contributed by atoms with Crippen LogP contribution in [0.4, 0.5) is 0 Å². The highest BCUT2D eigenvalue weighted by molar-refractivity contribution is 7.89. The third-order valence-electron chi connectivity index (χ3n) is 3.97. The van der Waals surface area contributed by atoms with Gasteiger partial charge in [-0.3, -0.25) is 4.79 Å². The SMILES string of the molecule is CC(=O)COC(=O)c1ccc(S(=O)(=O)N2C[C@@H](C)C[C@H](C)C2)cc1. The molecular formula is C17H23NO5S. The van der Waals surface area contributed by atoms with Crippen LogP contribution in [-0.2, 0) is 19.6 Å². The third-order valence-corrected chi connectivity index (χ3v) is 5.82. The molecule has 7 heteroatoms. The van der Waals surface area contributed by atoms with E-state index in [1.54, 1.807) is 0 Å². The summed E-state index contributed by atoms with van der Waals surface area (Å²) in [6.07, 6.45) is 1.02. The van der Waals surface area contributed by atoms with Crippen LogP contribution in [0, 0.1) is 11.8 Å². The van der Waals surface area contributed by atoms with Crippen molar-refractivity contribution < 1.29 is 22.7 Å². The fraction of sp³-hybridized carbons (Fsp3) is 0.529. The molecule has 24 heavy (non-hydrogen) atoms. The number of sulfonamides is 1. The normalized spacial score (nSPS) is 22.1. The number of carbonyl (C=O) groups excluding carboxylic acids is 2. The molecule has 132 valence electrons. The fourth-order valence-electron chi connectivity index (χ4n) is 2.96. The van der Waals surface area contributed by atoms with Crippen LogP contribution >= 0.6 is 0 Å². The van der Waals surface area contributed by atoms with Crippen molar-refractivity contribution in [3.63, 3.8) is 0 Å². The van der Waals surface area contributed by atoms with Gasteiger partial charge in [-0.2, -0.15) is 4.31 Å². The summed E-state index contributed by atoms with van der Waals surface area (Å²) in [4.78, 5) is 22.8. The van der Waals surface area contributed by atoms with E-state index in [1.807, 2.05) is 13.8 Å². The molecule has 1 aromatic carbocycles. The Bertz CT molecular complexity index is 701. The Labute approximate surface area is 142 Å². The van der Waals surface area contributed by atoms with Gasteiger partial charge in [0.2, 0.25) is 10.0 Å². The van der Waals surface area contributed by atoms with Crippen LogP contribution < -0.4 is 0 Å². The Hall–Kier alpha value is -1.73. The molecule has 0 unspecified atom stereocenters. The first kappa shape index (κ1) is 18.6. The highest BCUT2D eigenvalue weighted by Crippen LogP contribution is 2.26. The van der Waals surface area contributed by atoms with Crippen molar-refractivity contribution in [3.05, 3.63) is 29.8 Å². The van der Waals surface area contributed by atoms with E-state index in [2.05, 4.69) is 0 Å². The van der Waals surface area contributed by atoms with E-state index < -0.39 is 16.0 Å². The van der Waals surface area contributed by atoms with Gasteiger partial charge in [0.05, 0.1) is 10.5 Å². The fourth-order valence-corrected chi connectivity index (χ4v) is 4.64. The van der Waals surface area contributed by atoms with E-state index in [4.69, 9.17) is 4.74 Å². The minimum absolute atomic E-state index is 0.159. The topological polar surface area (TPSA) is 80.8 Å². The second-order valence-electron chi connectivity index (χ2n) is 6.57. The lowest BCUT2D eigenvalue weighted by molar-refractivity contribution is -0.120. The van der Waals surface area contributed by atoms with Crippen LogP contribution in [0.15, 0.2) is 29.2 Å². The molecule has 2 rings (SSSR count). The van der Waals surface area contributed by atoms with E-state index in [-0.39, 0.29) is 22.8 Å². The van der Waals surface area contributed by atoms with E-state index >= 15 is 0 Å². The Morgan fingerprint density at radius 3 is 2.17 bits per heavy atom. The Morgan fingerprint density at radius 2 is 1.67 bits per heavy atom. The molecule has 6 nitrogen and oxygen atoms in total.